The van der Waals surface area contributed by atoms with Crippen LogP contribution in [0.5, 0.6) is 5.88 Å². The summed E-state index contributed by atoms with van der Waals surface area (Å²) in [4.78, 5) is 21.8. The van der Waals surface area contributed by atoms with Gasteiger partial charge >= 0.3 is 0 Å². The van der Waals surface area contributed by atoms with Crippen molar-refractivity contribution < 1.29 is 9.53 Å². The molecule has 0 saturated carbocycles. The van der Waals surface area contributed by atoms with Gasteiger partial charge in [-0.05, 0) is 31.5 Å². The van der Waals surface area contributed by atoms with E-state index in [1.54, 1.807) is 25.4 Å². The third kappa shape index (κ3) is 3.39. The Morgan fingerprint density at radius 1 is 1.21 bits per heavy atom. The Balaban J connectivity index is 1.55. The van der Waals surface area contributed by atoms with Gasteiger partial charge in [-0.25, -0.2) is 4.98 Å². The van der Waals surface area contributed by atoms with Crippen molar-refractivity contribution in [3.63, 3.8) is 0 Å². The van der Waals surface area contributed by atoms with Gasteiger partial charge < -0.3 is 15.4 Å². The molecule has 4 rings (SSSR count). The van der Waals surface area contributed by atoms with Crippen LogP contribution in [0.25, 0.3) is 10.9 Å². The van der Waals surface area contributed by atoms with Crippen molar-refractivity contribution in [2.75, 3.05) is 17.7 Å². The minimum Gasteiger partial charge on any atom is -0.481 e. The number of carbonyl (C=O) groups is 1. The first-order valence-corrected chi connectivity index (χ1v) is 9.36. The van der Waals surface area contributed by atoms with E-state index in [2.05, 4.69) is 30.8 Å². The number of rotatable bonds is 5. The number of ether oxygens (including phenoxy) is 1. The second-order valence-corrected chi connectivity index (χ2v) is 7.20. The second-order valence-electron chi connectivity index (χ2n) is 6.17. The number of nitrogens with zero attached hydrogens (tertiary/aromatic N) is 3. The van der Waals surface area contributed by atoms with E-state index in [1.807, 2.05) is 32.0 Å². The van der Waals surface area contributed by atoms with Gasteiger partial charge in [0, 0.05) is 17.1 Å². The lowest BCUT2D eigenvalue weighted by Gasteiger charge is -2.09. The third-order valence-corrected chi connectivity index (χ3v) is 5.16. The fourth-order valence-corrected chi connectivity index (χ4v) is 3.57. The van der Waals surface area contributed by atoms with Crippen molar-refractivity contribution in [2.24, 2.45) is 0 Å². The molecule has 3 heterocycles. The monoisotopic (exact) mass is 394 g/mol. The predicted molar refractivity (Wildman–Crippen MR) is 110 cm³/mol. The highest BCUT2D eigenvalue weighted by atomic mass is 32.1. The van der Waals surface area contributed by atoms with Gasteiger partial charge in [-0.2, -0.15) is 10.1 Å². The van der Waals surface area contributed by atoms with E-state index in [9.17, 15) is 4.79 Å². The Labute approximate surface area is 165 Å². The van der Waals surface area contributed by atoms with E-state index in [0.29, 0.717) is 21.7 Å². The lowest BCUT2D eigenvalue weighted by Crippen LogP contribution is -2.11. The van der Waals surface area contributed by atoms with Crippen LogP contribution in [-0.4, -0.2) is 33.2 Å². The molecule has 142 valence electrons. The lowest BCUT2D eigenvalue weighted by molar-refractivity contribution is 0.103. The number of amides is 1. The molecule has 0 fully saturated rings. The molecule has 3 aromatic heterocycles. The second kappa shape index (κ2) is 7.28. The summed E-state index contributed by atoms with van der Waals surface area (Å²) in [6.07, 6.45) is 1.54. The lowest BCUT2D eigenvalue weighted by atomic mass is 10.1. The molecule has 9 heteroatoms. The highest BCUT2D eigenvalue weighted by Crippen LogP contribution is 2.30. The van der Waals surface area contributed by atoms with Gasteiger partial charge in [0.25, 0.3) is 5.91 Å². The van der Waals surface area contributed by atoms with Gasteiger partial charge in [-0.3, -0.25) is 9.89 Å². The molecule has 1 amide bonds. The van der Waals surface area contributed by atoms with E-state index in [4.69, 9.17) is 4.74 Å². The Kier molecular flexibility index (Phi) is 4.66. The minimum atomic E-state index is -0.222. The van der Waals surface area contributed by atoms with Crippen LogP contribution in [0, 0.1) is 13.8 Å². The first-order chi connectivity index (χ1) is 13.5. The molecule has 3 N–H and O–H groups in total. The standard InChI is InChI=1S/C19H18N6O2S/c1-10-7-8-12-16(11(2)24-25-12)17(10)23-18(26)13-9-20-19(28-13)22-14-5-4-6-15(21-14)27-3/h4-9H,1-3H3,(H,23,26)(H,24,25)(H,20,21,22). The predicted octanol–water partition coefficient (Wildman–Crippen LogP) is 4.04. The number of anilines is 3. The summed E-state index contributed by atoms with van der Waals surface area (Å²) < 4.78 is 5.11. The normalized spacial score (nSPS) is 10.8. The summed E-state index contributed by atoms with van der Waals surface area (Å²) >= 11 is 1.25. The number of pyridine rings is 1. The largest absolute Gasteiger partial charge is 0.481 e. The number of aromatic nitrogens is 4. The Hall–Kier alpha value is -3.46. The van der Waals surface area contributed by atoms with Crippen LogP contribution in [0.4, 0.5) is 16.6 Å². The van der Waals surface area contributed by atoms with E-state index >= 15 is 0 Å². The van der Waals surface area contributed by atoms with E-state index < -0.39 is 0 Å². The van der Waals surface area contributed by atoms with Gasteiger partial charge in [-0.1, -0.05) is 23.5 Å². The number of aromatic amines is 1. The number of carbonyl (C=O) groups excluding carboxylic acids is 1. The first-order valence-electron chi connectivity index (χ1n) is 8.54. The smallest absolute Gasteiger partial charge is 0.267 e. The van der Waals surface area contributed by atoms with Crippen LogP contribution >= 0.6 is 11.3 Å². The van der Waals surface area contributed by atoms with E-state index in [1.165, 1.54) is 11.3 Å². The van der Waals surface area contributed by atoms with Crippen LogP contribution in [-0.2, 0) is 0 Å². The maximum Gasteiger partial charge on any atom is 0.267 e. The average Bonchev–Trinajstić information content (AvgIpc) is 3.31. The highest BCUT2D eigenvalue weighted by Gasteiger charge is 2.16. The van der Waals surface area contributed by atoms with Crippen LogP contribution in [0.2, 0.25) is 0 Å². The van der Waals surface area contributed by atoms with Gasteiger partial charge in [0.2, 0.25) is 5.88 Å². The third-order valence-electron chi connectivity index (χ3n) is 4.25. The molecule has 0 radical (unpaired) electrons. The number of benzene rings is 1. The quantitative estimate of drug-likeness (QED) is 0.472. The number of H-pyrrole nitrogens is 1. The number of aryl methyl sites for hydroxylation is 2. The van der Waals surface area contributed by atoms with Gasteiger partial charge in [-0.15, -0.1) is 0 Å². The molecular weight excluding hydrogens is 376 g/mol. The van der Waals surface area contributed by atoms with Crippen molar-refractivity contribution in [3.8, 4) is 5.88 Å². The van der Waals surface area contributed by atoms with Gasteiger partial charge in [0.1, 0.15) is 10.7 Å². The summed E-state index contributed by atoms with van der Waals surface area (Å²) in [5.41, 5.74) is 3.44. The number of thiazole rings is 1. The summed E-state index contributed by atoms with van der Waals surface area (Å²) in [6.45, 7) is 3.88. The highest BCUT2D eigenvalue weighted by molar-refractivity contribution is 7.17. The number of nitrogens with one attached hydrogen (secondary N) is 3. The zero-order chi connectivity index (χ0) is 19.7. The van der Waals surface area contributed by atoms with Crippen molar-refractivity contribution >= 4 is 44.8 Å². The molecule has 0 unspecified atom stereocenters. The maximum absolute atomic E-state index is 12.8. The topological polar surface area (TPSA) is 105 Å². The van der Waals surface area contributed by atoms with Crippen molar-refractivity contribution in [3.05, 3.63) is 52.7 Å². The number of methoxy groups -OCH3 is 1. The molecule has 0 atom stereocenters. The van der Waals surface area contributed by atoms with Crippen molar-refractivity contribution in [1.29, 1.82) is 0 Å². The van der Waals surface area contributed by atoms with Crippen LogP contribution in [0.1, 0.15) is 20.9 Å². The summed E-state index contributed by atoms with van der Waals surface area (Å²) in [7, 11) is 1.56. The average molecular weight is 394 g/mol. The maximum atomic E-state index is 12.8. The zero-order valence-electron chi connectivity index (χ0n) is 15.5. The van der Waals surface area contributed by atoms with E-state index in [-0.39, 0.29) is 5.91 Å². The summed E-state index contributed by atoms with van der Waals surface area (Å²) in [5.74, 6) is 0.870. The zero-order valence-corrected chi connectivity index (χ0v) is 16.3. The molecule has 8 nitrogen and oxygen atoms in total. The number of hydrogen-bond donors (Lipinski definition) is 3. The molecule has 0 aliphatic carbocycles. The molecule has 0 aliphatic heterocycles. The van der Waals surface area contributed by atoms with Crippen molar-refractivity contribution in [1.82, 2.24) is 20.2 Å². The van der Waals surface area contributed by atoms with Crippen molar-refractivity contribution in [2.45, 2.75) is 13.8 Å². The Morgan fingerprint density at radius 2 is 2.07 bits per heavy atom. The molecule has 1 aromatic carbocycles. The minimum absolute atomic E-state index is 0.222. The molecule has 4 aromatic rings. The van der Waals surface area contributed by atoms with Crippen LogP contribution < -0.4 is 15.4 Å². The molecule has 0 aliphatic rings. The Morgan fingerprint density at radius 3 is 2.89 bits per heavy atom. The SMILES string of the molecule is COc1cccc(Nc2ncc(C(=O)Nc3c(C)ccc4n[nH]c(C)c34)s2)n1. The molecular formula is C19H18N6O2S. The molecule has 0 saturated heterocycles. The molecule has 0 bridgehead atoms. The number of fused-ring (bicyclic) bond motifs is 1. The summed E-state index contributed by atoms with van der Waals surface area (Å²) in [5, 5.41) is 14.8. The Bertz CT molecular complexity index is 1170. The van der Waals surface area contributed by atoms with Gasteiger partial charge in [0.15, 0.2) is 5.13 Å². The van der Waals surface area contributed by atoms with Gasteiger partial charge in [0.05, 0.1) is 24.5 Å². The first kappa shape index (κ1) is 17.9. The van der Waals surface area contributed by atoms with E-state index in [0.717, 1.165) is 27.8 Å². The molecule has 28 heavy (non-hydrogen) atoms. The number of hydrogen-bond acceptors (Lipinski definition) is 7. The fraction of sp³-hybridized carbons (Fsp3) is 0.158. The summed E-state index contributed by atoms with van der Waals surface area (Å²) in [6, 6.07) is 9.25. The van der Waals surface area contributed by atoms with Crippen LogP contribution in [0.3, 0.4) is 0 Å². The molecule has 0 spiro atoms. The van der Waals surface area contributed by atoms with Crippen LogP contribution in [0.15, 0.2) is 36.5 Å². The fourth-order valence-electron chi connectivity index (χ4n) is 2.85.